The van der Waals surface area contributed by atoms with E-state index in [9.17, 15) is 12.8 Å². The van der Waals surface area contributed by atoms with Gasteiger partial charge in [0, 0.05) is 25.2 Å². The van der Waals surface area contributed by atoms with E-state index >= 15 is 0 Å². The average molecular weight is 333 g/mol. The first-order valence-corrected chi connectivity index (χ1v) is 8.41. The van der Waals surface area contributed by atoms with E-state index in [0.29, 0.717) is 13.0 Å². The van der Waals surface area contributed by atoms with Gasteiger partial charge < -0.3 is 14.2 Å². The molecule has 0 spiro atoms. The molecule has 124 valence electrons. The zero-order valence-corrected chi connectivity index (χ0v) is 13.7. The van der Waals surface area contributed by atoms with E-state index in [1.165, 1.54) is 18.5 Å². The van der Waals surface area contributed by atoms with Crippen molar-refractivity contribution in [2.75, 3.05) is 33.9 Å². The van der Waals surface area contributed by atoms with Crippen molar-refractivity contribution in [3.63, 3.8) is 0 Å². The number of halogens is 1. The SMILES string of the molecule is CC[C@H]1CN(S(=O)(=O)c2cc(OC)c(OC)cc2F)CCO1. The number of sulfonamides is 1. The summed E-state index contributed by atoms with van der Waals surface area (Å²) in [6.07, 6.45) is 0.521. The van der Waals surface area contributed by atoms with E-state index in [1.807, 2.05) is 6.92 Å². The topological polar surface area (TPSA) is 65.1 Å². The lowest BCUT2D eigenvalue weighted by molar-refractivity contribution is -0.00283. The molecule has 0 bridgehead atoms. The van der Waals surface area contributed by atoms with Crippen LogP contribution in [0, 0.1) is 5.82 Å². The summed E-state index contributed by atoms with van der Waals surface area (Å²) in [6.45, 7) is 2.63. The lowest BCUT2D eigenvalue weighted by Gasteiger charge is -2.31. The predicted molar refractivity (Wildman–Crippen MR) is 78.3 cm³/mol. The van der Waals surface area contributed by atoms with Crippen molar-refractivity contribution in [3.05, 3.63) is 17.9 Å². The zero-order valence-electron chi connectivity index (χ0n) is 12.8. The fourth-order valence-corrected chi connectivity index (χ4v) is 3.85. The van der Waals surface area contributed by atoms with Gasteiger partial charge in [-0.25, -0.2) is 12.8 Å². The monoisotopic (exact) mass is 333 g/mol. The summed E-state index contributed by atoms with van der Waals surface area (Å²) in [5, 5.41) is 0. The van der Waals surface area contributed by atoms with Crippen molar-refractivity contribution in [3.8, 4) is 11.5 Å². The number of hydrogen-bond acceptors (Lipinski definition) is 5. The van der Waals surface area contributed by atoms with Crippen LogP contribution in [0.3, 0.4) is 0 Å². The van der Waals surface area contributed by atoms with Crippen molar-refractivity contribution >= 4 is 10.0 Å². The van der Waals surface area contributed by atoms with Crippen LogP contribution in [0.15, 0.2) is 17.0 Å². The van der Waals surface area contributed by atoms with Crippen molar-refractivity contribution < 1.29 is 27.0 Å². The number of hydrogen-bond donors (Lipinski definition) is 0. The molecule has 0 saturated carbocycles. The fraction of sp³-hybridized carbons (Fsp3) is 0.571. The number of ether oxygens (including phenoxy) is 3. The van der Waals surface area contributed by atoms with E-state index in [-0.39, 0.29) is 30.7 Å². The summed E-state index contributed by atoms with van der Waals surface area (Å²) >= 11 is 0. The number of benzene rings is 1. The second-order valence-corrected chi connectivity index (χ2v) is 6.81. The van der Waals surface area contributed by atoms with Gasteiger partial charge in [-0.15, -0.1) is 0 Å². The maximum atomic E-state index is 14.2. The number of nitrogens with zero attached hydrogens (tertiary/aromatic N) is 1. The molecule has 1 aliphatic rings. The van der Waals surface area contributed by atoms with E-state index < -0.39 is 20.7 Å². The zero-order chi connectivity index (χ0) is 16.3. The second-order valence-electron chi connectivity index (χ2n) is 4.90. The molecule has 1 fully saturated rings. The molecule has 1 aliphatic heterocycles. The third-order valence-corrected chi connectivity index (χ3v) is 5.49. The van der Waals surface area contributed by atoms with Gasteiger partial charge in [-0.05, 0) is 6.42 Å². The third-order valence-electron chi connectivity index (χ3n) is 3.61. The normalized spacial score (nSPS) is 19.9. The Balaban J connectivity index is 2.40. The van der Waals surface area contributed by atoms with Crippen LogP contribution < -0.4 is 9.47 Å². The summed E-state index contributed by atoms with van der Waals surface area (Å²) in [7, 11) is -1.22. The molecule has 2 rings (SSSR count). The van der Waals surface area contributed by atoms with Gasteiger partial charge in [0.2, 0.25) is 10.0 Å². The molecule has 1 saturated heterocycles. The summed E-state index contributed by atoms with van der Waals surface area (Å²) in [5.74, 6) is -0.549. The minimum Gasteiger partial charge on any atom is -0.493 e. The van der Waals surface area contributed by atoms with E-state index in [0.717, 1.165) is 12.1 Å². The fourth-order valence-electron chi connectivity index (χ4n) is 2.33. The standard InChI is InChI=1S/C14H20FNO5S/c1-4-10-9-16(5-6-21-10)22(17,18)14-8-13(20-3)12(19-2)7-11(14)15/h7-8,10H,4-6,9H2,1-3H3/t10-/m0/s1. The summed E-state index contributed by atoms with van der Waals surface area (Å²) in [4.78, 5) is -0.415. The molecule has 1 aromatic rings. The lowest BCUT2D eigenvalue weighted by Crippen LogP contribution is -2.45. The van der Waals surface area contributed by atoms with E-state index in [1.54, 1.807) is 0 Å². The molecule has 22 heavy (non-hydrogen) atoms. The first kappa shape index (κ1) is 17.0. The molecular weight excluding hydrogens is 313 g/mol. The second kappa shape index (κ2) is 6.80. The molecule has 8 heteroatoms. The third kappa shape index (κ3) is 3.18. The maximum absolute atomic E-state index is 14.2. The van der Waals surface area contributed by atoms with E-state index in [4.69, 9.17) is 14.2 Å². The van der Waals surface area contributed by atoms with Gasteiger partial charge in [-0.2, -0.15) is 4.31 Å². The van der Waals surface area contributed by atoms with Gasteiger partial charge in [-0.1, -0.05) is 6.92 Å². The molecule has 0 amide bonds. The van der Waals surface area contributed by atoms with Gasteiger partial charge in [0.1, 0.15) is 10.7 Å². The molecule has 0 unspecified atom stereocenters. The van der Waals surface area contributed by atoms with Gasteiger partial charge in [0.25, 0.3) is 0 Å². The highest BCUT2D eigenvalue weighted by molar-refractivity contribution is 7.89. The molecule has 0 aromatic heterocycles. The highest BCUT2D eigenvalue weighted by Crippen LogP contribution is 2.33. The quantitative estimate of drug-likeness (QED) is 0.820. The van der Waals surface area contributed by atoms with Crippen LogP contribution in [-0.4, -0.2) is 52.7 Å². The van der Waals surface area contributed by atoms with E-state index in [2.05, 4.69) is 0 Å². The summed E-state index contributed by atoms with van der Waals surface area (Å²) in [5.41, 5.74) is 0. The minimum atomic E-state index is -3.95. The molecule has 0 N–H and O–H groups in total. The predicted octanol–water partition coefficient (Wildman–Crippen LogP) is 1.64. The summed E-state index contributed by atoms with van der Waals surface area (Å²) < 4.78 is 56.3. The highest BCUT2D eigenvalue weighted by Gasteiger charge is 2.33. The van der Waals surface area contributed by atoms with Crippen LogP contribution in [0.4, 0.5) is 4.39 Å². The van der Waals surface area contributed by atoms with Crippen LogP contribution in [-0.2, 0) is 14.8 Å². The minimum absolute atomic E-state index is 0.146. The Morgan fingerprint density at radius 3 is 2.55 bits per heavy atom. The Morgan fingerprint density at radius 1 is 1.32 bits per heavy atom. The lowest BCUT2D eigenvalue weighted by atomic mass is 10.2. The molecule has 0 aliphatic carbocycles. The van der Waals surface area contributed by atoms with Crippen molar-refractivity contribution in [1.82, 2.24) is 4.31 Å². The Kier molecular flexibility index (Phi) is 5.25. The average Bonchev–Trinajstić information content (AvgIpc) is 2.54. The number of morpholine rings is 1. The highest BCUT2D eigenvalue weighted by atomic mass is 32.2. The molecule has 6 nitrogen and oxygen atoms in total. The van der Waals surface area contributed by atoms with Crippen molar-refractivity contribution in [2.45, 2.75) is 24.3 Å². The number of rotatable bonds is 5. The molecule has 1 atom stereocenters. The largest absolute Gasteiger partial charge is 0.493 e. The number of methoxy groups -OCH3 is 2. The molecule has 0 radical (unpaired) electrons. The van der Waals surface area contributed by atoms with Crippen molar-refractivity contribution in [2.24, 2.45) is 0 Å². The Morgan fingerprint density at radius 2 is 1.95 bits per heavy atom. The maximum Gasteiger partial charge on any atom is 0.246 e. The van der Waals surface area contributed by atoms with Crippen LogP contribution in [0.25, 0.3) is 0 Å². The molecular formula is C14H20FNO5S. The van der Waals surface area contributed by atoms with Gasteiger partial charge in [0.05, 0.1) is 26.9 Å². The van der Waals surface area contributed by atoms with Crippen LogP contribution in [0.1, 0.15) is 13.3 Å². The van der Waals surface area contributed by atoms with Crippen molar-refractivity contribution in [1.29, 1.82) is 0 Å². The first-order valence-electron chi connectivity index (χ1n) is 6.97. The van der Waals surface area contributed by atoms with Gasteiger partial charge in [-0.3, -0.25) is 0 Å². The Labute approximate surface area is 129 Å². The molecule has 1 heterocycles. The smallest absolute Gasteiger partial charge is 0.246 e. The van der Waals surface area contributed by atoms with Crippen LogP contribution >= 0.6 is 0 Å². The first-order chi connectivity index (χ1) is 10.4. The summed E-state index contributed by atoms with van der Waals surface area (Å²) in [6, 6.07) is 2.17. The molecule has 1 aromatic carbocycles. The van der Waals surface area contributed by atoms with Crippen LogP contribution in [0.5, 0.6) is 11.5 Å². The van der Waals surface area contributed by atoms with Gasteiger partial charge >= 0.3 is 0 Å². The van der Waals surface area contributed by atoms with Crippen LogP contribution in [0.2, 0.25) is 0 Å². The Hall–Kier alpha value is -1.38. The van der Waals surface area contributed by atoms with Gasteiger partial charge in [0.15, 0.2) is 11.5 Å². The Bertz CT molecular complexity index is 634.